The number of amides is 1. The van der Waals surface area contributed by atoms with Crippen molar-refractivity contribution in [2.45, 2.75) is 12.3 Å². The summed E-state index contributed by atoms with van der Waals surface area (Å²) in [6.45, 7) is 0. The molecule has 2 heterocycles. The molecule has 1 aliphatic rings. The van der Waals surface area contributed by atoms with Crippen molar-refractivity contribution in [2.24, 2.45) is 0 Å². The molecule has 8 heteroatoms. The lowest BCUT2D eigenvalue weighted by Crippen LogP contribution is -2.29. The monoisotopic (exact) mass is 223 g/mol. The van der Waals surface area contributed by atoms with Crippen LogP contribution >= 0.6 is 0 Å². The summed E-state index contributed by atoms with van der Waals surface area (Å²) >= 11 is 0. The summed E-state index contributed by atoms with van der Waals surface area (Å²) < 4.78 is 0. The standard InChI is InChI=1S/C8H9N5O3/c9-5-4-2(7(15)16)1-3(14)11-6(4)13-8(10)12-5/h2H,1H2,(H,15,16)(H5,9,10,11,12,13,14). The van der Waals surface area contributed by atoms with E-state index < -0.39 is 17.8 Å². The van der Waals surface area contributed by atoms with E-state index in [-0.39, 0.29) is 29.6 Å². The largest absolute Gasteiger partial charge is 0.481 e. The van der Waals surface area contributed by atoms with Crippen LogP contribution in [-0.2, 0) is 9.59 Å². The molecule has 0 radical (unpaired) electrons. The minimum absolute atomic E-state index is 0.0186. The number of nitrogen functional groups attached to an aromatic ring is 2. The van der Waals surface area contributed by atoms with Crippen LogP contribution in [0.3, 0.4) is 0 Å². The number of aliphatic carboxylic acids is 1. The highest BCUT2D eigenvalue weighted by Crippen LogP contribution is 2.34. The lowest BCUT2D eigenvalue weighted by atomic mass is 9.93. The Bertz CT molecular complexity index is 487. The molecule has 1 aromatic rings. The number of nitrogens with zero attached hydrogens (tertiary/aromatic N) is 2. The highest BCUT2D eigenvalue weighted by Gasteiger charge is 2.34. The van der Waals surface area contributed by atoms with Crippen molar-refractivity contribution in [1.29, 1.82) is 0 Å². The van der Waals surface area contributed by atoms with Gasteiger partial charge in [-0.15, -0.1) is 0 Å². The molecule has 16 heavy (non-hydrogen) atoms. The van der Waals surface area contributed by atoms with Gasteiger partial charge in [0.2, 0.25) is 11.9 Å². The fourth-order valence-electron chi connectivity index (χ4n) is 1.62. The van der Waals surface area contributed by atoms with Crippen LogP contribution < -0.4 is 16.8 Å². The number of rotatable bonds is 1. The van der Waals surface area contributed by atoms with E-state index in [9.17, 15) is 9.59 Å². The molecule has 0 fully saturated rings. The fraction of sp³-hybridized carbons (Fsp3) is 0.250. The molecular weight excluding hydrogens is 214 g/mol. The minimum Gasteiger partial charge on any atom is -0.481 e. The maximum absolute atomic E-state index is 11.2. The minimum atomic E-state index is -1.14. The summed E-state index contributed by atoms with van der Waals surface area (Å²) in [5.41, 5.74) is 11.1. The van der Waals surface area contributed by atoms with Crippen molar-refractivity contribution in [1.82, 2.24) is 9.97 Å². The molecule has 1 aromatic heterocycles. The third kappa shape index (κ3) is 1.49. The van der Waals surface area contributed by atoms with Gasteiger partial charge < -0.3 is 21.9 Å². The molecule has 84 valence electrons. The Morgan fingerprint density at radius 1 is 1.44 bits per heavy atom. The maximum atomic E-state index is 11.2. The highest BCUT2D eigenvalue weighted by atomic mass is 16.4. The summed E-state index contributed by atoms with van der Waals surface area (Å²) in [5, 5.41) is 11.4. The van der Waals surface area contributed by atoms with Crippen LogP contribution in [0.2, 0.25) is 0 Å². The van der Waals surface area contributed by atoms with Gasteiger partial charge in [0.25, 0.3) is 0 Å². The number of carboxylic acids is 1. The molecule has 8 nitrogen and oxygen atoms in total. The maximum Gasteiger partial charge on any atom is 0.311 e. The molecular formula is C8H9N5O3. The van der Waals surface area contributed by atoms with E-state index in [4.69, 9.17) is 16.6 Å². The van der Waals surface area contributed by atoms with E-state index in [1.807, 2.05) is 0 Å². The molecule has 1 aliphatic heterocycles. The van der Waals surface area contributed by atoms with Crippen molar-refractivity contribution in [3.8, 4) is 0 Å². The Hall–Kier alpha value is -2.38. The van der Waals surface area contributed by atoms with Gasteiger partial charge in [-0.2, -0.15) is 9.97 Å². The summed E-state index contributed by atoms with van der Waals surface area (Å²) in [5.74, 6) is -2.65. The Morgan fingerprint density at radius 3 is 2.75 bits per heavy atom. The number of carbonyl (C=O) groups excluding carboxylic acids is 1. The number of nitrogens with two attached hydrogens (primary N) is 2. The summed E-state index contributed by atoms with van der Waals surface area (Å²) in [6, 6.07) is 0. The van der Waals surface area contributed by atoms with Gasteiger partial charge in [0.15, 0.2) is 0 Å². The molecule has 0 aromatic carbocycles. The zero-order valence-electron chi connectivity index (χ0n) is 8.10. The zero-order chi connectivity index (χ0) is 11.9. The summed E-state index contributed by atoms with van der Waals surface area (Å²) in [7, 11) is 0. The first-order chi connectivity index (χ1) is 7.49. The predicted octanol–water partition coefficient (Wildman–Crippen LogP) is -0.849. The van der Waals surface area contributed by atoms with Crippen molar-refractivity contribution in [2.75, 3.05) is 16.8 Å². The van der Waals surface area contributed by atoms with E-state index >= 15 is 0 Å². The number of carboxylic acid groups (broad SMARTS) is 1. The average Bonchev–Trinajstić information content (AvgIpc) is 2.14. The van der Waals surface area contributed by atoms with E-state index in [0.717, 1.165) is 0 Å². The van der Waals surface area contributed by atoms with Crippen molar-refractivity contribution in [3.63, 3.8) is 0 Å². The van der Waals surface area contributed by atoms with Crippen molar-refractivity contribution in [3.05, 3.63) is 5.56 Å². The Kier molecular flexibility index (Phi) is 2.11. The van der Waals surface area contributed by atoms with Crippen LogP contribution in [0.1, 0.15) is 17.9 Å². The molecule has 1 atom stereocenters. The van der Waals surface area contributed by atoms with E-state index in [1.165, 1.54) is 0 Å². The van der Waals surface area contributed by atoms with Crippen LogP contribution in [0.25, 0.3) is 0 Å². The number of fused-ring (bicyclic) bond motifs is 1. The van der Waals surface area contributed by atoms with Crippen LogP contribution in [0.4, 0.5) is 17.6 Å². The first-order valence-electron chi connectivity index (χ1n) is 4.44. The van der Waals surface area contributed by atoms with Crippen LogP contribution in [0.15, 0.2) is 0 Å². The normalized spacial score (nSPS) is 18.8. The lowest BCUT2D eigenvalue weighted by Gasteiger charge is -2.22. The van der Waals surface area contributed by atoms with Gasteiger partial charge in [0.1, 0.15) is 11.6 Å². The summed E-state index contributed by atoms with van der Waals surface area (Å²) in [6.07, 6.45) is -0.181. The number of aromatic nitrogens is 2. The zero-order valence-corrected chi connectivity index (χ0v) is 8.10. The Labute approximate surface area is 89.7 Å². The number of nitrogens with one attached hydrogen (secondary N) is 1. The van der Waals surface area contributed by atoms with E-state index in [1.54, 1.807) is 0 Å². The second-order valence-electron chi connectivity index (χ2n) is 3.37. The van der Waals surface area contributed by atoms with Crippen LogP contribution in [0, 0.1) is 0 Å². The SMILES string of the molecule is Nc1nc(N)c2c(n1)NC(=O)CC2C(=O)O. The first kappa shape index (κ1) is 10.1. The number of hydrogen-bond acceptors (Lipinski definition) is 6. The Morgan fingerprint density at radius 2 is 2.12 bits per heavy atom. The van der Waals surface area contributed by atoms with Gasteiger partial charge in [-0.3, -0.25) is 9.59 Å². The third-order valence-electron chi connectivity index (χ3n) is 2.29. The number of hydrogen-bond donors (Lipinski definition) is 4. The number of anilines is 3. The third-order valence-corrected chi connectivity index (χ3v) is 2.29. The molecule has 2 rings (SSSR count). The Balaban J connectivity index is 2.61. The average molecular weight is 223 g/mol. The predicted molar refractivity (Wildman–Crippen MR) is 54.5 cm³/mol. The van der Waals surface area contributed by atoms with Gasteiger partial charge >= 0.3 is 5.97 Å². The molecule has 1 amide bonds. The van der Waals surface area contributed by atoms with Crippen LogP contribution in [0.5, 0.6) is 0 Å². The first-order valence-corrected chi connectivity index (χ1v) is 4.44. The van der Waals surface area contributed by atoms with Gasteiger partial charge in [-0.1, -0.05) is 0 Å². The van der Waals surface area contributed by atoms with Gasteiger partial charge in [-0.05, 0) is 0 Å². The highest BCUT2D eigenvalue weighted by molar-refractivity contribution is 6.00. The quantitative estimate of drug-likeness (QED) is 0.485. The van der Waals surface area contributed by atoms with Crippen molar-refractivity contribution >= 4 is 29.5 Å². The smallest absolute Gasteiger partial charge is 0.311 e. The molecule has 0 saturated heterocycles. The molecule has 1 unspecified atom stereocenters. The summed E-state index contributed by atoms with van der Waals surface area (Å²) in [4.78, 5) is 29.6. The second kappa shape index (κ2) is 3.33. The van der Waals surface area contributed by atoms with E-state index in [2.05, 4.69) is 15.3 Å². The fourth-order valence-corrected chi connectivity index (χ4v) is 1.62. The van der Waals surface area contributed by atoms with Gasteiger partial charge in [-0.25, -0.2) is 0 Å². The molecule has 6 N–H and O–H groups in total. The molecule has 0 bridgehead atoms. The molecule has 0 aliphatic carbocycles. The van der Waals surface area contributed by atoms with Gasteiger partial charge in [0.05, 0.1) is 11.5 Å². The van der Waals surface area contributed by atoms with Crippen LogP contribution in [-0.4, -0.2) is 27.0 Å². The van der Waals surface area contributed by atoms with Crippen molar-refractivity contribution < 1.29 is 14.7 Å². The molecule has 0 saturated carbocycles. The topological polar surface area (TPSA) is 144 Å². The number of carbonyl (C=O) groups is 2. The molecule has 0 spiro atoms. The second-order valence-corrected chi connectivity index (χ2v) is 3.37. The van der Waals surface area contributed by atoms with Gasteiger partial charge in [0, 0.05) is 6.42 Å². The van der Waals surface area contributed by atoms with E-state index in [0.29, 0.717) is 0 Å². The lowest BCUT2D eigenvalue weighted by molar-refractivity contribution is -0.140.